The van der Waals surface area contributed by atoms with Gasteiger partial charge in [-0.1, -0.05) is 11.6 Å². The second-order valence-corrected chi connectivity index (χ2v) is 3.74. The Bertz CT molecular complexity index is 644. The molecule has 0 fully saturated rings. The van der Waals surface area contributed by atoms with Gasteiger partial charge in [0.15, 0.2) is 11.4 Å². The first-order chi connectivity index (χ1) is 7.75. The molecule has 3 aromatic rings. The van der Waals surface area contributed by atoms with E-state index in [0.29, 0.717) is 27.9 Å². The van der Waals surface area contributed by atoms with Crippen LogP contribution in [0.2, 0.25) is 5.02 Å². The summed E-state index contributed by atoms with van der Waals surface area (Å²) in [5, 5.41) is 8.53. The number of hydrogen-bond acceptors (Lipinski definition) is 4. The molecular weight excluding hydrogens is 228 g/mol. The van der Waals surface area contributed by atoms with Gasteiger partial charge in [-0.05, 0) is 18.2 Å². The molecule has 0 unspecified atom stereocenters. The molecule has 0 spiro atoms. The number of halogens is 1. The third kappa shape index (κ3) is 1.25. The van der Waals surface area contributed by atoms with Gasteiger partial charge in [-0.25, -0.2) is 0 Å². The highest BCUT2D eigenvalue weighted by atomic mass is 35.5. The SMILES string of the molecule is Nc1cc(Cl)cn2c(-c3ccco3)nnc12. The monoisotopic (exact) mass is 234 g/mol. The summed E-state index contributed by atoms with van der Waals surface area (Å²) in [5.74, 6) is 1.20. The van der Waals surface area contributed by atoms with E-state index in [1.165, 1.54) is 0 Å². The van der Waals surface area contributed by atoms with Crippen LogP contribution in [0.3, 0.4) is 0 Å². The highest BCUT2D eigenvalue weighted by Gasteiger charge is 2.12. The van der Waals surface area contributed by atoms with Crippen molar-refractivity contribution in [1.29, 1.82) is 0 Å². The molecular formula is C10H7ClN4O. The number of aromatic nitrogens is 3. The summed E-state index contributed by atoms with van der Waals surface area (Å²) in [5.41, 5.74) is 6.84. The largest absolute Gasteiger partial charge is 0.461 e. The van der Waals surface area contributed by atoms with Crippen LogP contribution in [-0.2, 0) is 0 Å². The Hall–Kier alpha value is -2.01. The molecule has 0 aliphatic rings. The summed E-state index contributed by atoms with van der Waals surface area (Å²) in [6, 6.07) is 5.22. The molecule has 0 saturated carbocycles. The summed E-state index contributed by atoms with van der Waals surface area (Å²) in [4.78, 5) is 0. The molecule has 16 heavy (non-hydrogen) atoms. The lowest BCUT2D eigenvalue weighted by Crippen LogP contribution is -1.93. The van der Waals surface area contributed by atoms with Gasteiger partial charge in [0.05, 0.1) is 17.0 Å². The molecule has 0 atom stereocenters. The van der Waals surface area contributed by atoms with Crippen LogP contribution >= 0.6 is 11.6 Å². The molecule has 0 aromatic carbocycles. The second kappa shape index (κ2) is 3.24. The summed E-state index contributed by atoms with van der Waals surface area (Å²) in [6.07, 6.45) is 3.27. The Morgan fingerprint density at radius 3 is 3.00 bits per heavy atom. The van der Waals surface area contributed by atoms with E-state index in [1.807, 2.05) is 0 Å². The number of rotatable bonds is 1. The van der Waals surface area contributed by atoms with Crippen molar-refractivity contribution in [3.8, 4) is 11.6 Å². The van der Waals surface area contributed by atoms with Gasteiger partial charge in [-0.3, -0.25) is 4.40 Å². The van der Waals surface area contributed by atoms with Crippen LogP contribution in [0.1, 0.15) is 0 Å². The molecule has 0 aliphatic heterocycles. The van der Waals surface area contributed by atoms with Gasteiger partial charge in [0.2, 0.25) is 5.82 Å². The zero-order valence-electron chi connectivity index (χ0n) is 8.09. The molecule has 2 N–H and O–H groups in total. The maximum atomic E-state index is 5.93. The van der Waals surface area contributed by atoms with Crippen LogP contribution in [-0.4, -0.2) is 14.6 Å². The average Bonchev–Trinajstić information content (AvgIpc) is 2.83. The van der Waals surface area contributed by atoms with Crippen molar-refractivity contribution in [1.82, 2.24) is 14.6 Å². The minimum Gasteiger partial charge on any atom is -0.461 e. The van der Waals surface area contributed by atoms with Crippen molar-refractivity contribution in [3.05, 3.63) is 35.7 Å². The Labute approximate surface area is 95.5 Å². The van der Waals surface area contributed by atoms with Crippen LogP contribution in [0.15, 0.2) is 35.1 Å². The van der Waals surface area contributed by atoms with Gasteiger partial charge in [0.25, 0.3) is 0 Å². The van der Waals surface area contributed by atoms with E-state index in [4.69, 9.17) is 21.8 Å². The van der Waals surface area contributed by atoms with Gasteiger partial charge in [-0.2, -0.15) is 0 Å². The lowest BCUT2D eigenvalue weighted by atomic mass is 10.4. The van der Waals surface area contributed by atoms with E-state index in [0.717, 1.165) is 0 Å². The summed E-state index contributed by atoms with van der Waals surface area (Å²) < 4.78 is 6.96. The third-order valence-electron chi connectivity index (χ3n) is 2.24. The van der Waals surface area contributed by atoms with Crippen molar-refractivity contribution in [2.75, 3.05) is 5.73 Å². The fourth-order valence-electron chi connectivity index (χ4n) is 1.56. The molecule has 0 aliphatic carbocycles. The van der Waals surface area contributed by atoms with Crippen LogP contribution in [0.25, 0.3) is 17.2 Å². The first kappa shape index (κ1) is 9.23. The van der Waals surface area contributed by atoms with Gasteiger partial charge in [0.1, 0.15) is 0 Å². The number of nitrogen functional groups attached to an aromatic ring is 1. The molecule has 0 bridgehead atoms. The molecule has 6 heteroatoms. The fraction of sp³-hybridized carbons (Fsp3) is 0. The van der Waals surface area contributed by atoms with Gasteiger partial charge < -0.3 is 10.2 Å². The van der Waals surface area contributed by atoms with E-state index < -0.39 is 0 Å². The quantitative estimate of drug-likeness (QED) is 0.701. The van der Waals surface area contributed by atoms with Gasteiger partial charge in [0, 0.05) is 6.20 Å². The van der Waals surface area contributed by atoms with Crippen LogP contribution in [0.5, 0.6) is 0 Å². The Morgan fingerprint density at radius 1 is 1.38 bits per heavy atom. The lowest BCUT2D eigenvalue weighted by molar-refractivity contribution is 0.576. The predicted molar refractivity (Wildman–Crippen MR) is 60.1 cm³/mol. The molecule has 3 heterocycles. The summed E-state index contributed by atoms with van der Waals surface area (Å²) in [7, 11) is 0. The van der Waals surface area contributed by atoms with Crippen LogP contribution < -0.4 is 5.73 Å². The first-order valence-electron chi connectivity index (χ1n) is 4.59. The minimum atomic E-state index is 0.484. The number of pyridine rings is 1. The van der Waals surface area contributed by atoms with E-state index in [1.54, 1.807) is 35.1 Å². The van der Waals surface area contributed by atoms with Crippen molar-refractivity contribution in [2.24, 2.45) is 0 Å². The standard InChI is InChI=1S/C10H7ClN4O/c11-6-4-7(12)9-13-14-10(15(9)5-6)8-2-1-3-16-8/h1-5H,12H2. The lowest BCUT2D eigenvalue weighted by Gasteiger charge is -2.00. The smallest absolute Gasteiger partial charge is 0.204 e. The normalized spacial score (nSPS) is 11.1. The van der Waals surface area contributed by atoms with Crippen molar-refractivity contribution < 1.29 is 4.42 Å². The number of nitrogens with two attached hydrogens (primary N) is 1. The summed E-state index contributed by atoms with van der Waals surface area (Å²) >= 11 is 5.93. The molecule has 5 nitrogen and oxygen atoms in total. The van der Waals surface area contributed by atoms with E-state index in [-0.39, 0.29) is 0 Å². The molecule has 0 amide bonds. The fourth-order valence-corrected chi connectivity index (χ4v) is 1.77. The van der Waals surface area contributed by atoms with Crippen LogP contribution in [0.4, 0.5) is 5.69 Å². The van der Waals surface area contributed by atoms with Gasteiger partial charge in [-0.15, -0.1) is 10.2 Å². The van der Waals surface area contributed by atoms with Crippen molar-refractivity contribution >= 4 is 22.9 Å². The number of furan rings is 1. The molecule has 3 aromatic heterocycles. The molecule has 3 rings (SSSR count). The predicted octanol–water partition coefficient (Wildman–Crippen LogP) is 2.22. The molecule has 0 saturated heterocycles. The zero-order valence-corrected chi connectivity index (χ0v) is 8.85. The second-order valence-electron chi connectivity index (χ2n) is 3.31. The number of hydrogen-bond donors (Lipinski definition) is 1. The van der Waals surface area contributed by atoms with E-state index in [2.05, 4.69) is 10.2 Å². The highest BCUT2D eigenvalue weighted by molar-refractivity contribution is 6.30. The van der Waals surface area contributed by atoms with Gasteiger partial charge >= 0.3 is 0 Å². The number of anilines is 1. The topological polar surface area (TPSA) is 69.3 Å². The van der Waals surface area contributed by atoms with Crippen molar-refractivity contribution in [2.45, 2.75) is 0 Å². The Kier molecular flexibility index (Phi) is 1.87. The Morgan fingerprint density at radius 2 is 2.25 bits per heavy atom. The zero-order chi connectivity index (χ0) is 11.1. The molecule has 80 valence electrons. The number of nitrogens with zero attached hydrogens (tertiary/aromatic N) is 3. The van der Waals surface area contributed by atoms with Crippen molar-refractivity contribution in [3.63, 3.8) is 0 Å². The third-order valence-corrected chi connectivity index (χ3v) is 2.45. The maximum absolute atomic E-state index is 5.93. The van der Waals surface area contributed by atoms with Crippen LogP contribution in [0, 0.1) is 0 Å². The number of fused-ring (bicyclic) bond motifs is 1. The average molecular weight is 235 g/mol. The molecule has 0 radical (unpaired) electrons. The Balaban J connectivity index is 2.35. The highest BCUT2D eigenvalue weighted by Crippen LogP contribution is 2.24. The summed E-state index contributed by atoms with van der Waals surface area (Å²) in [6.45, 7) is 0. The van der Waals surface area contributed by atoms with E-state index >= 15 is 0 Å². The minimum absolute atomic E-state index is 0.484. The maximum Gasteiger partial charge on any atom is 0.204 e. The first-order valence-corrected chi connectivity index (χ1v) is 4.97. The van der Waals surface area contributed by atoms with E-state index in [9.17, 15) is 0 Å².